The number of benzene rings is 1. The molecule has 1 aromatic heterocycles. The Morgan fingerprint density at radius 2 is 2.17 bits per heavy atom. The molecule has 0 radical (unpaired) electrons. The molecule has 0 bridgehead atoms. The molecule has 96 valence electrons. The van der Waals surface area contributed by atoms with E-state index in [1.807, 2.05) is 28.9 Å². The molecule has 0 aliphatic carbocycles. The van der Waals surface area contributed by atoms with Crippen LogP contribution in [-0.2, 0) is 19.8 Å². The summed E-state index contributed by atoms with van der Waals surface area (Å²) in [5, 5.41) is 13.3. The lowest BCUT2D eigenvalue weighted by Crippen LogP contribution is -2.09. The first kappa shape index (κ1) is 12.6. The highest BCUT2D eigenvalue weighted by molar-refractivity contribution is 5.32. The third-order valence-electron chi connectivity index (χ3n) is 2.63. The third kappa shape index (κ3) is 2.87. The molecule has 5 heteroatoms. The summed E-state index contributed by atoms with van der Waals surface area (Å²) >= 11 is 0. The van der Waals surface area contributed by atoms with Gasteiger partial charge in [0.25, 0.3) is 0 Å². The van der Waals surface area contributed by atoms with E-state index in [1.54, 1.807) is 0 Å². The Balaban J connectivity index is 2.04. The molecular formula is C13H17N3O2. The van der Waals surface area contributed by atoms with Crippen LogP contribution in [0.3, 0.4) is 0 Å². The van der Waals surface area contributed by atoms with Crippen LogP contribution in [0.25, 0.3) is 0 Å². The third-order valence-corrected chi connectivity index (χ3v) is 2.63. The lowest BCUT2D eigenvalue weighted by atomic mass is 10.2. The summed E-state index contributed by atoms with van der Waals surface area (Å²) in [5.41, 5.74) is 0.777. The largest absolute Gasteiger partial charge is 0.485 e. The van der Waals surface area contributed by atoms with Gasteiger partial charge in [0.05, 0.1) is 6.61 Å². The number of nitrogens with zero attached hydrogens (tertiary/aromatic N) is 3. The number of ether oxygens (including phenoxy) is 1. The normalized spacial score (nSPS) is 10.6. The minimum absolute atomic E-state index is 0.0299. The van der Waals surface area contributed by atoms with Gasteiger partial charge in [0.15, 0.2) is 5.82 Å². The van der Waals surface area contributed by atoms with Gasteiger partial charge in [-0.25, -0.2) is 9.67 Å². The van der Waals surface area contributed by atoms with Gasteiger partial charge >= 0.3 is 0 Å². The van der Waals surface area contributed by atoms with Gasteiger partial charge < -0.3 is 9.84 Å². The molecule has 0 spiro atoms. The molecule has 18 heavy (non-hydrogen) atoms. The first-order valence-electron chi connectivity index (χ1n) is 6.03. The fourth-order valence-electron chi connectivity index (χ4n) is 1.72. The van der Waals surface area contributed by atoms with Crippen LogP contribution in [0.4, 0.5) is 0 Å². The van der Waals surface area contributed by atoms with Gasteiger partial charge in [0.1, 0.15) is 18.7 Å². The van der Waals surface area contributed by atoms with E-state index >= 15 is 0 Å². The molecule has 5 nitrogen and oxygen atoms in total. The maximum Gasteiger partial charge on any atom is 0.164 e. The van der Waals surface area contributed by atoms with Crippen molar-refractivity contribution in [1.82, 2.24) is 14.8 Å². The monoisotopic (exact) mass is 247 g/mol. The van der Waals surface area contributed by atoms with Gasteiger partial charge in [-0.15, -0.1) is 0 Å². The van der Waals surface area contributed by atoms with Gasteiger partial charge in [-0.3, -0.25) is 0 Å². The zero-order valence-electron chi connectivity index (χ0n) is 10.4. The quantitative estimate of drug-likeness (QED) is 0.845. The molecule has 1 aromatic carbocycles. The van der Waals surface area contributed by atoms with Crippen molar-refractivity contribution in [2.24, 2.45) is 0 Å². The minimum Gasteiger partial charge on any atom is -0.485 e. The van der Waals surface area contributed by atoms with Gasteiger partial charge in [0.2, 0.25) is 0 Å². The number of rotatable bonds is 6. The standard InChI is InChI=1S/C13H17N3O2/c1-2-7-16-13(14-10-15-16)9-18-12-6-4-3-5-11(12)8-17/h3-6,10,17H,2,7-9H2,1H3. The molecule has 0 aliphatic heterocycles. The van der Waals surface area contributed by atoms with Gasteiger partial charge in [-0.1, -0.05) is 25.1 Å². The number of aliphatic hydroxyl groups excluding tert-OH is 1. The minimum atomic E-state index is -0.0299. The molecule has 0 amide bonds. The van der Waals surface area contributed by atoms with E-state index in [2.05, 4.69) is 17.0 Å². The Labute approximate surface area is 106 Å². The lowest BCUT2D eigenvalue weighted by Gasteiger charge is -2.10. The SMILES string of the molecule is CCCn1ncnc1COc1ccccc1CO. The zero-order valence-corrected chi connectivity index (χ0v) is 10.4. The lowest BCUT2D eigenvalue weighted by molar-refractivity contribution is 0.252. The van der Waals surface area contributed by atoms with Crippen LogP contribution >= 0.6 is 0 Å². The van der Waals surface area contributed by atoms with Crippen LogP contribution in [-0.4, -0.2) is 19.9 Å². The van der Waals surface area contributed by atoms with Crippen molar-refractivity contribution in [2.45, 2.75) is 33.1 Å². The van der Waals surface area contributed by atoms with Crippen molar-refractivity contribution in [3.8, 4) is 5.75 Å². The van der Waals surface area contributed by atoms with Crippen molar-refractivity contribution < 1.29 is 9.84 Å². The number of para-hydroxylation sites is 1. The summed E-state index contributed by atoms with van der Waals surface area (Å²) < 4.78 is 7.51. The molecule has 0 atom stereocenters. The smallest absolute Gasteiger partial charge is 0.164 e. The molecule has 1 heterocycles. The molecule has 0 aliphatic rings. The number of hydrogen-bond donors (Lipinski definition) is 1. The van der Waals surface area contributed by atoms with Gasteiger partial charge in [-0.05, 0) is 12.5 Å². The first-order valence-corrected chi connectivity index (χ1v) is 6.03. The van der Waals surface area contributed by atoms with Crippen LogP contribution in [0.5, 0.6) is 5.75 Å². The second kappa shape index (κ2) is 6.16. The molecule has 0 saturated carbocycles. The molecule has 2 aromatic rings. The Morgan fingerprint density at radius 3 is 2.94 bits per heavy atom. The predicted molar refractivity (Wildman–Crippen MR) is 67.0 cm³/mol. The van der Waals surface area contributed by atoms with E-state index in [1.165, 1.54) is 6.33 Å². The van der Waals surface area contributed by atoms with Crippen molar-refractivity contribution >= 4 is 0 Å². The van der Waals surface area contributed by atoms with Gasteiger partial charge in [0, 0.05) is 12.1 Å². The van der Waals surface area contributed by atoms with Crippen molar-refractivity contribution in [1.29, 1.82) is 0 Å². The first-order chi connectivity index (χ1) is 8.85. The maximum absolute atomic E-state index is 9.20. The average Bonchev–Trinajstić information content (AvgIpc) is 2.84. The van der Waals surface area contributed by atoms with E-state index in [0.717, 1.165) is 24.4 Å². The summed E-state index contributed by atoms with van der Waals surface area (Å²) in [7, 11) is 0. The highest BCUT2D eigenvalue weighted by Gasteiger charge is 2.06. The average molecular weight is 247 g/mol. The van der Waals surface area contributed by atoms with E-state index in [0.29, 0.717) is 12.4 Å². The number of aryl methyl sites for hydroxylation is 1. The Kier molecular flexibility index (Phi) is 4.30. The van der Waals surface area contributed by atoms with Crippen LogP contribution in [0.2, 0.25) is 0 Å². The van der Waals surface area contributed by atoms with Crippen LogP contribution in [0.15, 0.2) is 30.6 Å². The topological polar surface area (TPSA) is 60.2 Å². The number of aliphatic hydroxyl groups is 1. The molecule has 2 rings (SSSR count). The summed E-state index contributed by atoms with van der Waals surface area (Å²) in [5.74, 6) is 1.48. The van der Waals surface area contributed by atoms with Crippen molar-refractivity contribution in [3.05, 3.63) is 42.0 Å². The van der Waals surface area contributed by atoms with E-state index in [-0.39, 0.29) is 6.61 Å². The van der Waals surface area contributed by atoms with E-state index < -0.39 is 0 Å². The summed E-state index contributed by atoms with van der Waals surface area (Å²) in [6.07, 6.45) is 2.54. The number of aromatic nitrogens is 3. The fraction of sp³-hybridized carbons (Fsp3) is 0.385. The molecule has 1 N–H and O–H groups in total. The Bertz CT molecular complexity index is 496. The fourth-order valence-corrected chi connectivity index (χ4v) is 1.72. The zero-order chi connectivity index (χ0) is 12.8. The van der Waals surface area contributed by atoms with Crippen LogP contribution < -0.4 is 4.74 Å². The second-order valence-corrected chi connectivity index (χ2v) is 3.95. The summed E-state index contributed by atoms with van der Waals surface area (Å²) in [4.78, 5) is 4.17. The van der Waals surface area contributed by atoms with Crippen molar-refractivity contribution in [3.63, 3.8) is 0 Å². The molecule has 0 saturated heterocycles. The van der Waals surface area contributed by atoms with Crippen LogP contribution in [0, 0.1) is 0 Å². The Hall–Kier alpha value is -1.88. The second-order valence-electron chi connectivity index (χ2n) is 3.95. The summed E-state index contributed by atoms with van der Waals surface area (Å²) in [6, 6.07) is 7.43. The highest BCUT2D eigenvalue weighted by Crippen LogP contribution is 2.18. The molecular weight excluding hydrogens is 230 g/mol. The van der Waals surface area contributed by atoms with Crippen LogP contribution in [0.1, 0.15) is 24.7 Å². The molecule has 0 fully saturated rings. The van der Waals surface area contributed by atoms with Gasteiger partial charge in [-0.2, -0.15) is 5.10 Å². The number of hydrogen-bond acceptors (Lipinski definition) is 4. The Morgan fingerprint density at radius 1 is 1.33 bits per heavy atom. The maximum atomic E-state index is 9.20. The molecule has 0 unspecified atom stereocenters. The van der Waals surface area contributed by atoms with Crippen molar-refractivity contribution in [2.75, 3.05) is 0 Å². The van der Waals surface area contributed by atoms with E-state index in [4.69, 9.17) is 4.74 Å². The highest BCUT2D eigenvalue weighted by atomic mass is 16.5. The summed E-state index contributed by atoms with van der Waals surface area (Å²) in [6.45, 7) is 3.25. The van der Waals surface area contributed by atoms with E-state index in [9.17, 15) is 5.11 Å². The predicted octanol–water partition coefficient (Wildman–Crippen LogP) is 1.76.